The summed E-state index contributed by atoms with van der Waals surface area (Å²) >= 11 is 0. The third-order valence-electron chi connectivity index (χ3n) is 4.97. The summed E-state index contributed by atoms with van der Waals surface area (Å²) in [6, 6.07) is 6.57. The number of hydrogen-bond donors (Lipinski definition) is 1. The van der Waals surface area contributed by atoms with Crippen molar-refractivity contribution in [3.05, 3.63) is 35.6 Å². The average Bonchev–Trinajstić information content (AvgIpc) is 2.61. The molecule has 1 amide bonds. The largest absolute Gasteiger partial charge is 0.351 e. The zero-order chi connectivity index (χ0) is 18.1. The summed E-state index contributed by atoms with van der Waals surface area (Å²) in [6.45, 7) is 7.17. The first-order valence-corrected chi connectivity index (χ1v) is 9.49. The highest BCUT2D eigenvalue weighted by Gasteiger charge is 2.21. The Labute approximate surface area is 151 Å². The fraction of sp³-hybridized carbons (Fsp3) is 0.650. The van der Waals surface area contributed by atoms with E-state index in [1.165, 1.54) is 25.5 Å². The van der Waals surface area contributed by atoms with Gasteiger partial charge < -0.3 is 10.2 Å². The Bertz CT molecular complexity index is 529. The first-order valence-electron chi connectivity index (χ1n) is 9.49. The molecular weight excluding hydrogens is 317 g/mol. The molecule has 1 aromatic rings. The average molecular weight is 349 g/mol. The minimum atomic E-state index is -0.268. The molecule has 1 aromatic carbocycles. The molecule has 5 heteroatoms. The molecule has 140 valence electrons. The maximum atomic E-state index is 13.6. The van der Waals surface area contributed by atoms with E-state index in [2.05, 4.69) is 29.1 Å². The zero-order valence-corrected chi connectivity index (χ0v) is 15.6. The van der Waals surface area contributed by atoms with Crippen molar-refractivity contribution in [2.45, 2.75) is 39.2 Å². The Morgan fingerprint density at radius 2 is 2.04 bits per heavy atom. The number of likely N-dealkylation sites (tertiary alicyclic amines) is 1. The molecule has 1 N–H and O–H groups in total. The van der Waals surface area contributed by atoms with Gasteiger partial charge in [0.25, 0.3) is 0 Å². The van der Waals surface area contributed by atoms with Crippen LogP contribution in [0.25, 0.3) is 0 Å². The van der Waals surface area contributed by atoms with E-state index in [4.69, 9.17) is 0 Å². The number of unbranched alkanes of at least 4 members (excludes halogenated alkanes) is 1. The standard InChI is InChI=1S/C20H32FN3O/c1-3-4-11-23(2)15-17-9-12-24(13-10-17)16-20(25)22-14-18-7-5-6-8-19(18)21/h5-8,17H,3-4,9-16H2,1-2H3,(H,22,25). The molecule has 0 unspecified atom stereocenters. The number of carbonyl (C=O) groups is 1. The molecule has 0 aliphatic carbocycles. The summed E-state index contributed by atoms with van der Waals surface area (Å²) < 4.78 is 13.6. The van der Waals surface area contributed by atoms with E-state index in [1.54, 1.807) is 18.2 Å². The highest BCUT2D eigenvalue weighted by molar-refractivity contribution is 5.78. The normalized spacial score (nSPS) is 16.3. The molecule has 2 rings (SSSR count). The maximum absolute atomic E-state index is 13.6. The quantitative estimate of drug-likeness (QED) is 0.745. The van der Waals surface area contributed by atoms with Gasteiger partial charge in [-0.3, -0.25) is 9.69 Å². The van der Waals surface area contributed by atoms with Crippen molar-refractivity contribution in [2.24, 2.45) is 5.92 Å². The molecule has 1 saturated heterocycles. The Hall–Kier alpha value is -1.46. The molecule has 0 atom stereocenters. The van der Waals surface area contributed by atoms with Crippen LogP contribution in [0.2, 0.25) is 0 Å². The number of nitrogens with one attached hydrogen (secondary N) is 1. The van der Waals surface area contributed by atoms with E-state index < -0.39 is 0 Å². The smallest absolute Gasteiger partial charge is 0.234 e. The minimum absolute atomic E-state index is 0.0261. The lowest BCUT2D eigenvalue weighted by Gasteiger charge is -2.33. The lowest BCUT2D eigenvalue weighted by molar-refractivity contribution is -0.122. The summed E-state index contributed by atoms with van der Waals surface area (Å²) in [6.07, 6.45) is 4.80. The van der Waals surface area contributed by atoms with Crippen LogP contribution in [-0.2, 0) is 11.3 Å². The SMILES string of the molecule is CCCCN(C)CC1CCN(CC(=O)NCc2ccccc2F)CC1. The van der Waals surface area contributed by atoms with Gasteiger partial charge in [0, 0.05) is 18.7 Å². The van der Waals surface area contributed by atoms with Crippen LogP contribution in [0, 0.1) is 11.7 Å². The number of nitrogens with zero attached hydrogens (tertiary/aromatic N) is 2. The van der Waals surface area contributed by atoms with Crippen LogP contribution < -0.4 is 5.32 Å². The second-order valence-electron chi connectivity index (χ2n) is 7.20. The van der Waals surface area contributed by atoms with E-state index in [9.17, 15) is 9.18 Å². The summed E-state index contributed by atoms with van der Waals surface area (Å²) in [7, 11) is 2.21. The molecule has 25 heavy (non-hydrogen) atoms. The van der Waals surface area contributed by atoms with Gasteiger partial charge in [0.15, 0.2) is 0 Å². The molecule has 0 bridgehead atoms. The second-order valence-corrected chi connectivity index (χ2v) is 7.20. The fourth-order valence-electron chi connectivity index (χ4n) is 3.38. The number of amides is 1. The second kappa shape index (κ2) is 10.5. The van der Waals surface area contributed by atoms with E-state index in [1.807, 2.05) is 0 Å². The Morgan fingerprint density at radius 3 is 2.72 bits per heavy atom. The molecule has 0 radical (unpaired) electrons. The Kier molecular flexibility index (Phi) is 8.35. The van der Waals surface area contributed by atoms with Gasteiger partial charge in [0.2, 0.25) is 5.91 Å². The third-order valence-corrected chi connectivity index (χ3v) is 4.97. The van der Waals surface area contributed by atoms with E-state index in [0.29, 0.717) is 12.1 Å². The number of piperidine rings is 1. The van der Waals surface area contributed by atoms with Gasteiger partial charge in [-0.15, -0.1) is 0 Å². The molecule has 0 saturated carbocycles. The Morgan fingerprint density at radius 1 is 1.32 bits per heavy atom. The van der Waals surface area contributed by atoms with Crippen LogP contribution in [0.3, 0.4) is 0 Å². The van der Waals surface area contributed by atoms with Crippen LogP contribution in [0.15, 0.2) is 24.3 Å². The monoisotopic (exact) mass is 349 g/mol. The van der Waals surface area contributed by atoms with Crippen LogP contribution in [0.4, 0.5) is 4.39 Å². The lowest BCUT2D eigenvalue weighted by Crippen LogP contribution is -2.43. The minimum Gasteiger partial charge on any atom is -0.351 e. The van der Waals surface area contributed by atoms with Crippen LogP contribution in [0.5, 0.6) is 0 Å². The summed E-state index contributed by atoms with van der Waals surface area (Å²) in [5, 5.41) is 2.82. The van der Waals surface area contributed by atoms with Crippen molar-refractivity contribution >= 4 is 5.91 Å². The first kappa shape index (κ1) is 19.9. The number of rotatable bonds is 9. The molecule has 1 heterocycles. The fourth-order valence-corrected chi connectivity index (χ4v) is 3.38. The zero-order valence-electron chi connectivity index (χ0n) is 15.6. The number of halogens is 1. The van der Waals surface area contributed by atoms with Crippen molar-refractivity contribution in [3.8, 4) is 0 Å². The summed E-state index contributed by atoms with van der Waals surface area (Å²) in [5.41, 5.74) is 0.532. The van der Waals surface area contributed by atoms with Gasteiger partial charge in [-0.2, -0.15) is 0 Å². The van der Waals surface area contributed by atoms with Gasteiger partial charge in [0.1, 0.15) is 5.82 Å². The van der Waals surface area contributed by atoms with Gasteiger partial charge in [-0.05, 0) is 57.9 Å². The predicted molar refractivity (Wildman–Crippen MR) is 99.8 cm³/mol. The van der Waals surface area contributed by atoms with Crippen LogP contribution in [0.1, 0.15) is 38.2 Å². The van der Waals surface area contributed by atoms with Crippen molar-refractivity contribution in [3.63, 3.8) is 0 Å². The Balaban J connectivity index is 1.64. The lowest BCUT2D eigenvalue weighted by atomic mass is 9.96. The number of hydrogen-bond acceptors (Lipinski definition) is 3. The van der Waals surface area contributed by atoms with Gasteiger partial charge in [0.05, 0.1) is 6.54 Å². The van der Waals surface area contributed by atoms with E-state index in [0.717, 1.165) is 38.4 Å². The van der Waals surface area contributed by atoms with Crippen molar-refractivity contribution < 1.29 is 9.18 Å². The molecule has 1 fully saturated rings. The van der Waals surface area contributed by atoms with Gasteiger partial charge in [-0.1, -0.05) is 31.5 Å². The molecular formula is C20H32FN3O. The summed E-state index contributed by atoms with van der Waals surface area (Å²) in [4.78, 5) is 16.7. The molecule has 0 spiro atoms. The summed E-state index contributed by atoms with van der Waals surface area (Å²) in [5.74, 6) is 0.442. The molecule has 0 aromatic heterocycles. The van der Waals surface area contributed by atoms with E-state index >= 15 is 0 Å². The maximum Gasteiger partial charge on any atom is 0.234 e. The highest BCUT2D eigenvalue weighted by Crippen LogP contribution is 2.18. The van der Waals surface area contributed by atoms with Crippen molar-refractivity contribution in [1.29, 1.82) is 0 Å². The van der Waals surface area contributed by atoms with E-state index in [-0.39, 0.29) is 18.3 Å². The molecule has 1 aliphatic rings. The molecule has 4 nitrogen and oxygen atoms in total. The van der Waals surface area contributed by atoms with Crippen LogP contribution >= 0.6 is 0 Å². The van der Waals surface area contributed by atoms with Gasteiger partial charge in [-0.25, -0.2) is 4.39 Å². The third kappa shape index (κ3) is 7.12. The molecule has 1 aliphatic heterocycles. The number of carbonyl (C=O) groups excluding carboxylic acids is 1. The predicted octanol–water partition coefficient (Wildman–Crippen LogP) is 2.89. The topological polar surface area (TPSA) is 35.6 Å². The van der Waals surface area contributed by atoms with Gasteiger partial charge >= 0.3 is 0 Å². The first-order chi connectivity index (χ1) is 12.1. The number of benzene rings is 1. The highest BCUT2D eigenvalue weighted by atomic mass is 19.1. The van der Waals surface area contributed by atoms with Crippen molar-refractivity contribution in [2.75, 3.05) is 39.8 Å². The van der Waals surface area contributed by atoms with Crippen LogP contribution in [-0.4, -0.2) is 55.5 Å². The van der Waals surface area contributed by atoms with Crippen molar-refractivity contribution in [1.82, 2.24) is 15.1 Å².